The first kappa shape index (κ1) is 24.6. The molecule has 1 aliphatic heterocycles. The van der Waals surface area contributed by atoms with Gasteiger partial charge in [-0.05, 0) is 25.7 Å². The van der Waals surface area contributed by atoms with Crippen molar-refractivity contribution in [3.63, 3.8) is 0 Å². The fourth-order valence-corrected chi connectivity index (χ4v) is 3.02. The Bertz CT molecular complexity index is 479. The summed E-state index contributed by atoms with van der Waals surface area (Å²) in [6.45, 7) is 1.47. The first-order valence-corrected chi connectivity index (χ1v) is 10.8. The molecular formula is C23H38O5. The molecule has 0 bridgehead atoms. The number of epoxide rings is 1. The molecule has 0 amide bonds. The molecule has 1 heterocycles. The van der Waals surface area contributed by atoms with Crippen LogP contribution in [0.15, 0.2) is 36.5 Å². The maximum atomic E-state index is 11.4. The quantitative estimate of drug-likeness (QED) is 0.127. The lowest BCUT2D eigenvalue weighted by molar-refractivity contribution is -0.147. The summed E-state index contributed by atoms with van der Waals surface area (Å²) in [5, 5.41) is 17.6. The van der Waals surface area contributed by atoms with Crippen molar-refractivity contribution in [2.45, 2.75) is 89.4 Å². The van der Waals surface area contributed by atoms with Crippen LogP contribution in [0.4, 0.5) is 0 Å². The van der Waals surface area contributed by atoms with E-state index in [1.807, 2.05) is 12.2 Å². The summed E-state index contributed by atoms with van der Waals surface area (Å²) in [6, 6.07) is 0. The number of unbranched alkanes of at least 4 members (excludes halogenated alkanes) is 6. The standard InChI is InChI=1S/C23H38O5/c1-2-3-12-15-21-22(28-21)16-13-10-8-6-4-5-7-9-11-14-17-23(26)27-20(18-24)19-25/h5,7,9,11,14,17,20-22,24-25H,2-4,6,8,10,12-13,15-16,18-19H2,1H3/b7-5+,11-9+,17-14+/t21-,22+/m1/s1. The Morgan fingerprint density at radius 3 is 2.25 bits per heavy atom. The van der Waals surface area contributed by atoms with Crippen LogP contribution < -0.4 is 0 Å². The Balaban J connectivity index is 1.92. The van der Waals surface area contributed by atoms with Crippen LogP contribution in [0.3, 0.4) is 0 Å². The van der Waals surface area contributed by atoms with E-state index in [1.165, 1.54) is 63.9 Å². The van der Waals surface area contributed by atoms with Crippen LogP contribution in [-0.4, -0.2) is 47.7 Å². The smallest absolute Gasteiger partial charge is 0.331 e. The van der Waals surface area contributed by atoms with E-state index in [2.05, 4.69) is 13.0 Å². The third kappa shape index (κ3) is 12.9. The minimum Gasteiger partial charge on any atom is -0.454 e. The number of carbonyl (C=O) groups excluding carboxylic acids is 1. The summed E-state index contributed by atoms with van der Waals surface area (Å²) in [4.78, 5) is 11.4. The van der Waals surface area contributed by atoms with Crippen LogP contribution in [-0.2, 0) is 14.3 Å². The second-order valence-electron chi connectivity index (χ2n) is 7.30. The molecule has 0 aromatic rings. The Morgan fingerprint density at radius 1 is 0.929 bits per heavy atom. The maximum absolute atomic E-state index is 11.4. The van der Waals surface area contributed by atoms with Crippen molar-refractivity contribution in [1.82, 2.24) is 0 Å². The zero-order valence-electron chi connectivity index (χ0n) is 17.3. The summed E-state index contributed by atoms with van der Waals surface area (Å²) in [7, 11) is 0. The number of ether oxygens (including phenoxy) is 2. The molecule has 1 rings (SSSR count). The van der Waals surface area contributed by atoms with Gasteiger partial charge in [0.1, 0.15) is 6.10 Å². The second kappa shape index (κ2) is 16.5. The topological polar surface area (TPSA) is 79.3 Å². The van der Waals surface area contributed by atoms with Crippen molar-refractivity contribution in [3.8, 4) is 0 Å². The molecular weight excluding hydrogens is 356 g/mol. The number of carbonyl (C=O) groups is 1. The minimum absolute atomic E-state index is 0.386. The molecule has 2 atom stereocenters. The number of allylic oxidation sites excluding steroid dienone is 5. The van der Waals surface area contributed by atoms with Gasteiger partial charge in [0.2, 0.25) is 0 Å². The molecule has 2 N–H and O–H groups in total. The fraction of sp³-hybridized carbons (Fsp3) is 0.696. The fourth-order valence-electron chi connectivity index (χ4n) is 3.02. The van der Waals surface area contributed by atoms with Crippen molar-refractivity contribution in [2.24, 2.45) is 0 Å². The molecule has 0 radical (unpaired) electrons. The highest BCUT2D eigenvalue weighted by molar-refractivity contribution is 5.82. The van der Waals surface area contributed by atoms with Gasteiger partial charge in [0.05, 0.1) is 25.4 Å². The molecule has 1 fully saturated rings. The van der Waals surface area contributed by atoms with Crippen LogP contribution in [0.2, 0.25) is 0 Å². The predicted molar refractivity (Wildman–Crippen MR) is 112 cm³/mol. The number of aliphatic hydroxyl groups is 2. The first-order chi connectivity index (χ1) is 13.7. The Kier molecular flexibility index (Phi) is 14.5. The lowest BCUT2D eigenvalue weighted by atomic mass is 10.1. The zero-order valence-corrected chi connectivity index (χ0v) is 17.3. The van der Waals surface area contributed by atoms with Gasteiger partial charge in [-0.15, -0.1) is 0 Å². The highest BCUT2D eigenvalue weighted by atomic mass is 16.6. The SMILES string of the molecule is CCCCC[C@H]1O[C@H]1CCCCCC/C=C/C=C/C=C/C(=O)OC(CO)CO. The molecule has 0 saturated carbocycles. The van der Waals surface area contributed by atoms with Crippen molar-refractivity contribution >= 4 is 5.97 Å². The largest absolute Gasteiger partial charge is 0.454 e. The first-order valence-electron chi connectivity index (χ1n) is 10.8. The average molecular weight is 395 g/mol. The normalized spacial score (nSPS) is 19.4. The Labute approximate surface area is 170 Å². The van der Waals surface area contributed by atoms with Crippen molar-refractivity contribution in [2.75, 3.05) is 13.2 Å². The molecule has 0 aliphatic carbocycles. The monoisotopic (exact) mass is 394 g/mol. The van der Waals surface area contributed by atoms with Crippen LogP contribution in [0.25, 0.3) is 0 Å². The highest BCUT2D eigenvalue weighted by Gasteiger charge is 2.36. The number of esters is 1. The van der Waals surface area contributed by atoms with Gasteiger partial charge >= 0.3 is 5.97 Å². The molecule has 1 aliphatic rings. The number of rotatable bonds is 17. The number of hydrogen-bond acceptors (Lipinski definition) is 5. The van der Waals surface area contributed by atoms with Crippen LogP contribution in [0.5, 0.6) is 0 Å². The van der Waals surface area contributed by atoms with Gasteiger partial charge < -0.3 is 19.7 Å². The third-order valence-electron chi connectivity index (χ3n) is 4.78. The molecule has 5 nitrogen and oxygen atoms in total. The van der Waals surface area contributed by atoms with Gasteiger partial charge in [-0.3, -0.25) is 0 Å². The van der Waals surface area contributed by atoms with Gasteiger partial charge in [-0.1, -0.05) is 75.8 Å². The predicted octanol–water partition coefficient (Wildman–Crippen LogP) is 4.24. The molecule has 0 aromatic heterocycles. The van der Waals surface area contributed by atoms with E-state index in [9.17, 15) is 4.79 Å². The zero-order chi connectivity index (χ0) is 20.5. The summed E-state index contributed by atoms with van der Waals surface area (Å²) < 4.78 is 10.5. The van der Waals surface area contributed by atoms with E-state index in [0.29, 0.717) is 12.2 Å². The van der Waals surface area contributed by atoms with Gasteiger partial charge in [-0.2, -0.15) is 0 Å². The van der Waals surface area contributed by atoms with Gasteiger partial charge in [-0.25, -0.2) is 4.79 Å². The summed E-state index contributed by atoms with van der Waals surface area (Å²) in [5.74, 6) is -0.578. The summed E-state index contributed by atoms with van der Waals surface area (Å²) in [6.07, 6.45) is 23.3. The minimum atomic E-state index is -0.856. The Hall–Kier alpha value is -1.43. The highest BCUT2D eigenvalue weighted by Crippen LogP contribution is 2.31. The summed E-state index contributed by atoms with van der Waals surface area (Å²) in [5.41, 5.74) is 0. The van der Waals surface area contributed by atoms with Crippen LogP contribution in [0, 0.1) is 0 Å². The lowest BCUT2D eigenvalue weighted by Crippen LogP contribution is -2.24. The number of hydrogen-bond donors (Lipinski definition) is 2. The van der Waals surface area contributed by atoms with E-state index in [1.54, 1.807) is 12.2 Å². The molecule has 1 saturated heterocycles. The van der Waals surface area contributed by atoms with E-state index in [-0.39, 0.29) is 13.2 Å². The third-order valence-corrected chi connectivity index (χ3v) is 4.78. The van der Waals surface area contributed by atoms with E-state index < -0.39 is 12.1 Å². The molecule has 5 heteroatoms. The lowest BCUT2D eigenvalue weighted by Gasteiger charge is -2.09. The van der Waals surface area contributed by atoms with Gasteiger partial charge in [0.15, 0.2) is 0 Å². The van der Waals surface area contributed by atoms with Crippen molar-refractivity contribution in [3.05, 3.63) is 36.5 Å². The van der Waals surface area contributed by atoms with Crippen LogP contribution >= 0.6 is 0 Å². The number of aliphatic hydroxyl groups excluding tert-OH is 2. The van der Waals surface area contributed by atoms with E-state index >= 15 is 0 Å². The molecule has 0 aromatic carbocycles. The molecule has 28 heavy (non-hydrogen) atoms. The molecule has 0 spiro atoms. The van der Waals surface area contributed by atoms with Crippen molar-refractivity contribution in [1.29, 1.82) is 0 Å². The van der Waals surface area contributed by atoms with Gasteiger partial charge in [0.25, 0.3) is 0 Å². The maximum Gasteiger partial charge on any atom is 0.331 e. The molecule has 0 unspecified atom stereocenters. The van der Waals surface area contributed by atoms with Crippen LogP contribution in [0.1, 0.15) is 71.1 Å². The average Bonchev–Trinajstić information content (AvgIpc) is 3.45. The van der Waals surface area contributed by atoms with Crippen molar-refractivity contribution < 1.29 is 24.5 Å². The van der Waals surface area contributed by atoms with E-state index in [4.69, 9.17) is 19.7 Å². The second-order valence-corrected chi connectivity index (χ2v) is 7.30. The van der Waals surface area contributed by atoms with Gasteiger partial charge in [0, 0.05) is 6.08 Å². The Morgan fingerprint density at radius 2 is 1.57 bits per heavy atom. The molecule has 160 valence electrons. The van der Waals surface area contributed by atoms with E-state index in [0.717, 1.165) is 6.42 Å². The summed E-state index contributed by atoms with van der Waals surface area (Å²) >= 11 is 0.